The Balaban J connectivity index is 1.43. The van der Waals surface area contributed by atoms with Crippen molar-refractivity contribution in [1.82, 2.24) is 15.3 Å². The molecule has 5 nitrogen and oxygen atoms in total. The van der Waals surface area contributed by atoms with Crippen LogP contribution in [0.15, 0.2) is 36.7 Å². The zero-order chi connectivity index (χ0) is 16.4. The number of hydrogen-bond donors (Lipinski definition) is 1. The number of hydrogen-bond acceptors (Lipinski definition) is 4. The Morgan fingerprint density at radius 3 is 2.62 bits per heavy atom. The summed E-state index contributed by atoms with van der Waals surface area (Å²) in [5.41, 5.74) is 3.16. The van der Waals surface area contributed by atoms with E-state index in [1.54, 1.807) is 12.4 Å². The Morgan fingerprint density at radius 1 is 1.08 bits per heavy atom. The molecule has 124 valence electrons. The number of carbonyl (C=O) groups excluding carboxylic acids is 1. The molecule has 0 saturated heterocycles. The topological polar surface area (TPSA) is 58.1 Å². The Morgan fingerprint density at radius 2 is 1.88 bits per heavy atom. The minimum atomic E-state index is -0.107. The third-order valence-corrected chi connectivity index (χ3v) is 5.02. The van der Waals surface area contributed by atoms with E-state index in [0.29, 0.717) is 11.7 Å². The fraction of sp³-hybridized carbons (Fsp3) is 0.421. The molecule has 2 aliphatic rings. The van der Waals surface area contributed by atoms with E-state index in [2.05, 4.69) is 44.5 Å². The predicted octanol–water partition coefficient (Wildman–Crippen LogP) is 2.71. The van der Waals surface area contributed by atoms with Crippen molar-refractivity contribution in [2.75, 3.05) is 11.4 Å². The fourth-order valence-corrected chi connectivity index (χ4v) is 3.62. The molecule has 0 atom stereocenters. The summed E-state index contributed by atoms with van der Waals surface area (Å²) in [6, 6.07) is 8.82. The number of nitrogens with one attached hydrogen (secondary N) is 1. The monoisotopic (exact) mass is 322 g/mol. The van der Waals surface area contributed by atoms with Crippen LogP contribution in [-0.4, -0.2) is 28.5 Å². The molecule has 0 spiro atoms. The number of nitrogens with zero attached hydrogens (tertiary/aromatic N) is 3. The lowest BCUT2D eigenvalue weighted by Crippen LogP contribution is -2.34. The maximum absolute atomic E-state index is 12.2. The van der Waals surface area contributed by atoms with Gasteiger partial charge in [-0.05, 0) is 30.4 Å². The minimum absolute atomic E-state index is 0.107. The van der Waals surface area contributed by atoms with E-state index in [4.69, 9.17) is 0 Å². The Bertz CT molecular complexity index is 722. The summed E-state index contributed by atoms with van der Waals surface area (Å²) in [6.07, 6.45) is 8.88. The van der Waals surface area contributed by atoms with Crippen molar-refractivity contribution in [3.63, 3.8) is 0 Å². The van der Waals surface area contributed by atoms with Gasteiger partial charge in [0.15, 0.2) is 0 Å². The maximum atomic E-state index is 12.2. The molecule has 4 rings (SSSR count). The predicted molar refractivity (Wildman–Crippen MR) is 93.0 cm³/mol. The first kappa shape index (κ1) is 15.1. The number of rotatable bonds is 3. The molecule has 1 aliphatic carbocycles. The van der Waals surface area contributed by atoms with E-state index in [1.807, 2.05) is 0 Å². The van der Waals surface area contributed by atoms with Crippen molar-refractivity contribution < 1.29 is 4.79 Å². The first-order valence-electron chi connectivity index (χ1n) is 8.74. The molecular weight excluding hydrogens is 300 g/mol. The van der Waals surface area contributed by atoms with Crippen molar-refractivity contribution in [3.8, 4) is 0 Å². The van der Waals surface area contributed by atoms with Crippen molar-refractivity contribution in [2.24, 2.45) is 0 Å². The van der Waals surface area contributed by atoms with Crippen molar-refractivity contribution in [2.45, 2.75) is 44.7 Å². The lowest BCUT2D eigenvalue weighted by Gasteiger charge is -2.29. The quantitative estimate of drug-likeness (QED) is 0.944. The Labute approximate surface area is 142 Å². The summed E-state index contributed by atoms with van der Waals surface area (Å²) >= 11 is 0. The van der Waals surface area contributed by atoms with Gasteiger partial charge in [-0.2, -0.15) is 0 Å². The summed E-state index contributed by atoms with van der Waals surface area (Å²) in [5, 5.41) is 3.05. The van der Waals surface area contributed by atoms with Crippen LogP contribution in [0.1, 0.15) is 47.3 Å². The smallest absolute Gasteiger partial charge is 0.271 e. The summed E-state index contributed by atoms with van der Waals surface area (Å²) < 4.78 is 0. The average molecular weight is 322 g/mol. The third kappa shape index (κ3) is 3.11. The Kier molecular flexibility index (Phi) is 4.15. The van der Waals surface area contributed by atoms with Gasteiger partial charge in [0.2, 0.25) is 0 Å². The van der Waals surface area contributed by atoms with Gasteiger partial charge in [-0.1, -0.05) is 37.1 Å². The van der Waals surface area contributed by atoms with Crippen LogP contribution in [0.4, 0.5) is 5.82 Å². The molecule has 5 heteroatoms. The van der Waals surface area contributed by atoms with Crippen LogP contribution in [0.3, 0.4) is 0 Å². The fourth-order valence-electron chi connectivity index (χ4n) is 3.62. The zero-order valence-electron chi connectivity index (χ0n) is 13.7. The van der Waals surface area contributed by atoms with E-state index in [1.165, 1.54) is 24.0 Å². The van der Waals surface area contributed by atoms with Crippen LogP contribution in [0.25, 0.3) is 0 Å². The molecule has 24 heavy (non-hydrogen) atoms. The van der Waals surface area contributed by atoms with Gasteiger partial charge in [-0.3, -0.25) is 4.79 Å². The first-order chi connectivity index (χ1) is 11.8. The van der Waals surface area contributed by atoms with E-state index < -0.39 is 0 Å². The molecule has 1 aliphatic heterocycles. The van der Waals surface area contributed by atoms with Crippen LogP contribution >= 0.6 is 0 Å². The standard InChI is InChI=1S/C19H22N4O/c24-19(22-16-7-3-4-8-16)17-11-21-18(12-20-17)23-10-9-14-5-1-2-6-15(14)13-23/h1-2,5-6,11-12,16H,3-4,7-10,13H2,(H,22,24). The van der Waals surface area contributed by atoms with Gasteiger partial charge >= 0.3 is 0 Å². The number of fused-ring (bicyclic) bond motifs is 1. The summed E-state index contributed by atoms with van der Waals surface area (Å²) in [6.45, 7) is 1.78. The van der Waals surface area contributed by atoms with E-state index >= 15 is 0 Å². The first-order valence-corrected chi connectivity index (χ1v) is 8.74. The molecule has 1 amide bonds. The van der Waals surface area contributed by atoms with E-state index in [0.717, 1.165) is 38.2 Å². The van der Waals surface area contributed by atoms with Crippen molar-refractivity contribution >= 4 is 11.7 Å². The van der Waals surface area contributed by atoms with Gasteiger partial charge < -0.3 is 10.2 Å². The second-order valence-corrected chi connectivity index (χ2v) is 6.65. The highest BCUT2D eigenvalue weighted by Gasteiger charge is 2.20. The van der Waals surface area contributed by atoms with Crippen molar-refractivity contribution in [3.05, 3.63) is 53.5 Å². The molecule has 0 radical (unpaired) electrons. The van der Waals surface area contributed by atoms with Gasteiger partial charge in [-0.25, -0.2) is 9.97 Å². The molecule has 1 N–H and O–H groups in total. The highest BCUT2D eigenvalue weighted by molar-refractivity contribution is 5.92. The lowest BCUT2D eigenvalue weighted by molar-refractivity contribution is 0.0932. The Hall–Kier alpha value is -2.43. The van der Waals surface area contributed by atoms with Crippen LogP contribution in [0.2, 0.25) is 0 Å². The number of benzene rings is 1. The van der Waals surface area contributed by atoms with Crippen LogP contribution in [0.5, 0.6) is 0 Å². The minimum Gasteiger partial charge on any atom is -0.351 e. The van der Waals surface area contributed by atoms with E-state index in [9.17, 15) is 4.79 Å². The molecule has 0 unspecified atom stereocenters. The van der Waals surface area contributed by atoms with Gasteiger partial charge in [-0.15, -0.1) is 0 Å². The molecule has 1 aromatic carbocycles. The largest absolute Gasteiger partial charge is 0.351 e. The highest BCUT2D eigenvalue weighted by atomic mass is 16.1. The molecule has 1 fully saturated rings. The van der Waals surface area contributed by atoms with Gasteiger partial charge in [0, 0.05) is 19.1 Å². The second kappa shape index (κ2) is 6.59. The summed E-state index contributed by atoms with van der Waals surface area (Å²) in [7, 11) is 0. The summed E-state index contributed by atoms with van der Waals surface area (Å²) in [5.74, 6) is 0.729. The molecule has 2 aromatic rings. The normalized spacial score (nSPS) is 17.6. The molecule has 1 saturated carbocycles. The molecule has 2 heterocycles. The van der Waals surface area contributed by atoms with Crippen molar-refractivity contribution in [1.29, 1.82) is 0 Å². The molecular formula is C19H22N4O. The second-order valence-electron chi connectivity index (χ2n) is 6.65. The number of anilines is 1. The van der Waals surface area contributed by atoms with Gasteiger partial charge in [0.25, 0.3) is 5.91 Å². The number of amides is 1. The number of aromatic nitrogens is 2. The van der Waals surface area contributed by atoms with Crippen LogP contribution < -0.4 is 10.2 Å². The van der Waals surface area contributed by atoms with Crippen LogP contribution in [-0.2, 0) is 13.0 Å². The van der Waals surface area contributed by atoms with E-state index in [-0.39, 0.29) is 5.91 Å². The SMILES string of the molecule is O=C(NC1CCCC1)c1cnc(N2CCc3ccccc3C2)cn1. The molecule has 0 bridgehead atoms. The van der Waals surface area contributed by atoms with Gasteiger partial charge in [0.1, 0.15) is 11.5 Å². The molecule has 1 aromatic heterocycles. The van der Waals surface area contributed by atoms with Gasteiger partial charge in [0.05, 0.1) is 12.4 Å². The lowest BCUT2D eigenvalue weighted by atomic mass is 10.0. The average Bonchev–Trinajstić information content (AvgIpc) is 3.14. The summed E-state index contributed by atoms with van der Waals surface area (Å²) in [4.78, 5) is 23.3. The number of carbonyl (C=O) groups is 1. The zero-order valence-corrected chi connectivity index (χ0v) is 13.7. The maximum Gasteiger partial charge on any atom is 0.271 e. The third-order valence-electron chi connectivity index (χ3n) is 5.02. The highest BCUT2D eigenvalue weighted by Crippen LogP contribution is 2.22. The van der Waals surface area contributed by atoms with Crippen LogP contribution in [0, 0.1) is 0 Å².